The van der Waals surface area contributed by atoms with Crippen molar-refractivity contribution in [2.24, 2.45) is 5.10 Å². The second-order valence-corrected chi connectivity index (χ2v) is 8.04. The summed E-state index contributed by atoms with van der Waals surface area (Å²) in [6, 6.07) is 25.4. The van der Waals surface area contributed by atoms with Gasteiger partial charge in [0.25, 0.3) is 5.91 Å². The molecule has 6 heteroatoms. The lowest BCUT2D eigenvalue weighted by atomic mass is 10.1. The molecule has 1 aliphatic rings. The lowest BCUT2D eigenvalue weighted by Crippen LogP contribution is -2.29. The van der Waals surface area contributed by atoms with Crippen molar-refractivity contribution in [3.63, 3.8) is 0 Å². The van der Waals surface area contributed by atoms with Gasteiger partial charge in [-0.05, 0) is 35.7 Å². The van der Waals surface area contributed by atoms with Crippen molar-refractivity contribution < 1.29 is 4.79 Å². The Bertz CT molecular complexity index is 1070. The average Bonchev–Trinajstić information content (AvgIpc) is 3.06. The van der Waals surface area contributed by atoms with Crippen LogP contribution in [0.5, 0.6) is 0 Å². The van der Waals surface area contributed by atoms with Crippen LogP contribution in [0.2, 0.25) is 10.0 Å². The molecule has 1 unspecified atom stereocenters. The van der Waals surface area contributed by atoms with Crippen molar-refractivity contribution in [2.75, 3.05) is 6.54 Å². The van der Waals surface area contributed by atoms with Crippen molar-refractivity contribution in [1.82, 2.24) is 9.91 Å². The summed E-state index contributed by atoms with van der Waals surface area (Å²) >= 11 is 12.4. The maximum absolute atomic E-state index is 13.0. The number of hydrogen-bond donors (Lipinski definition) is 0. The zero-order valence-corrected chi connectivity index (χ0v) is 18.0. The molecular formula is C24H21Cl2N3O. The molecule has 0 bridgehead atoms. The van der Waals surface area contributed by atoms with E-state index in [0.29, 0.717) is 16.6 Å². The van der Waals surface area contributed by atoms with E-state index in [1.165, 1.54) is 0 Å². The first kappa shape index (κ1) is 20.6. The van der Waals surface area contributed by atoms with Gasteiger partial charge in [-0.3, -0.25) is 9.69 Å². The van der Waals surface area contributed by atoms with Crippen molar-refractivity contribution in [2.45, 2.75) is 19.6 Å². The van der Waals surface area contributed by atoms with Crippen LogP contribution in [-0.2, 0) is 11.3 Å². The molecule has 30 heavy (non-hydrogen) atoms. The third kappa shape index (κ3) is 4.41. The van der Waals surface area contributed by atoms with E-state index in [-0.39, 0.29) is 18.6 Å². The second-order valence-electron chi connectivity index (χ2n) is 7.23. The second kappa shape index (κ2) is 9.00. The maximum atomic E-state index is 13.0. The summed E-state index contributed by atoms with van der Waals surface area (Å²) in [4.78, 5) is 15.1. The summed E-state index contributed by atoms with van der Waals surface area (Å²) in [5.74, 6) is -0.0581. The number of benzene rings is 3. The van der Waals surface area contributed by atoms with Gasteiger partial charge in [-0.1, -0.05) is 89.9 Å². The smallest absolute Gasteiger partial charge is 0.258 e. The fourth-order valence-electron chi connectivity index (χ4n) is 3.62. The highest BCUT2D eigenvalue weighted by Crippen LogP contribution is 2.35. The van der Waals surface area contributed by atoms with Crippen molar-refractivity contribution in [3.05, 3.63) is 106 Å². The minimum atomic E-state index is -0.369. The first-order valence-electron chi connectivity index (χ1n) is 9.68. The summed E-state index contributed by atoms with van der Waals surface area (Å²) < 4.78 is 0. The SMILES string of the molecule is C/C(=N\N1C(=O)CN(Cc2ccccc2)C1c1ccc(Cl)c(Cl)c1)c1ccccc1. The molecule has 1 aliphatic heterocycles. The molecule has 0 N–H and O–H groups in total. The molecule has 3 aromatic carbocycles. The fraction of sp³-hybridized carbons (Fsp3) is 0.167. The molecule has 1 saturated heterocycles. The molecule has 1 fully saturated rings. The van der Waals surface area contributed by atoms with Crippen molar-refractivity contribution in [3.8, 4) is 0 Å². The van der Waals surface area contributed by atoms with E-state index in [2.05, 4.69) is 17.0 Å². The molecule has 4 rings (SSSR count). The van der Waals surface area contributed by atoms with E-state index in [4.69, 9.17) is 28.3 Å². The van der Waals surface area contributed by atoms with Crippen LogP contribution in [-0.4, -0.2) is 28.1 Å². The van der Waals surface area contributed by atoms with E-state index < -0.39 is 0 Å². The third-order valence-electron chi connectivity index (χ3n) is 5.09. The van der Waals surface area contributed by atoms with Gasteiger partial charge in [-0.15, -0.1) is 0 Å². The van der Waals surface area contributed by atoms with E-state index in [9.17, 15) is 4.79 Å². The van der Waals surface area contributed by atoms with Crippen LogP contribution >= 0.6 is 23.2 Å². The van der Waals surface area contributed by atoms with Crippen molar-refractivity contribution >= 4 is 34.8 Å². The van der Waals surface area contributed by atoms with Gasteiger partial charge in [0.05, 0.1) is 22.3 Å². The first-order chi connectivity index (χ1) is 14.5. The van der Waals surface area contributed by atoms with Crippen molar-refractivity contribution in [1.29, 1.82) is 0 Å². The summed E-state index contributed by atoms with van der Waals surface area (Å²) in [5, 5.41) is 7.21. The van der Waals surface area contributed by atoms with Crippen LogP contribution < -0.4 is 0 Å². The Hall–Kier alpha value is -2.66. The van der Waals surface area contributed by atoms with Crippen LogP contribution in [0.25, 0.3) is 0 Å². The number of rotatable bonds is 5. The molecule has 152 valence electrons. The Kier molecular flexibility index (Phi) is 6.18. The quantitative estimate of drug-likeness (QED) is 0.475. The monoisotopic (exact) mass is 437 g/mol. The van der Waals surface area contributed by atoms with Gasteiger partial charge in [0, 0.05) is 6.54 Å². The minimum Gasteiger partial charge on any atom is -0.271 e. The van der Waals surface area contributed by atoms with E-state index in [0.717, 1.165) is 22.4 Å². The Morgan fingerprint density at radius 2 is 1.63 bits per heavy atom. The Labute approximate surface area is 186 Å². The van der Waals surface area contributed by atoms with Gasteiger partial charge in [-0.25, -0.2) is 5.01 Å². The molecule has 0 radical (unpaired) electrons. The number of carbonyl (C=O) groups is 1. The number of amides is 1. The zero-order valence-electron chi connectivity index (χ0n) is 16.5. The van der Waals surface area contributed by atoms with Crippen LogP contribution in [0.15, 0.2) is 84.0 Å². The number of halogens is 2. The maximum Gasteiger partial charge on any atom is 0.258 e. The van der Waals surface area contributed by atoms with Gasteiger partial charge in [0.2, 0.25) is 0 Å². The molecule has 4 nitrogen and oxygen atoms in total. The number of carbonyl (C=O) groups excluding carboxylic acids is 1. The largest absolute Gasteiger partial charge is 0.271 e. The average molecular weight is 438 g/mol. The van der Waals surface area contributed by atoms with E-state index >= 15 is 0 Å². The summed E-state index contributed by atoms with van der Waals surface area (Å²) in [7, 11) is 0. The minimum absolute atomic E-state index is 0.0581. The molecule has 1 atom stereocenters. The van der Waals surface area contributed by atoms with Gasteiger partial charge in [0.15, 0.2) is 0 Å². The molecule has 0 spiro atoms. The van der Waals surface area contributed by atoms with Crippen LogP contribution in [0.1, 0.15) is 29.8 Å². The molecular weight excluding hydrogens is 417 g/mol. The third-order valence-corrected chi connectivity index (χ3v) is 5.83. The summed E-state index contributed by atoms with van der Waals surface area (Å²) in [6.07, 6.45) is -0.369. The van der Waals surface area contributed by atoms with E-state index in [1.54, 1.807) is 11.1 Å². The molecule has 1 amide bonds. The van der Waals surface area contributed by atoms with E-state index in [1.807, 2.05) is 67.6 Å². The highest BCUT2D eigenvalue weighted by molar-refractivity contribution is 6.42. The normalized spacial score (nSPS) is 17.6. The number of hydrazone groups is 1. The standard InChI is InChI=1S/C24H21Cl2N3O/c1-17(19-10-6-3-7-11-19)27-29-23(30)16-28(15-18-8-4-2-5-9-18)24(29)20-12-13-21(25)22(26)14-20/h2-14,24H,15-16H2,1H3/b27-17+. The van der Waals surface area contributed by atoms with Gasteiger partial charge in [-0.2, -0.15) is 5.10 Å². The zero-order chi connectivity index (χ0) is 21.1. The predicted molar refractivity (Wildman–Crippen MR) is 122 cm³/mol. The van der Waals surface area contributed by atoms with Gasteiger partial charge < -0.3 is 0 Å². The predicted octanol–water partition coefficient (Wildman–Crippen LogP) is 5.76. The van der Waals surface area contributed by atoms with Crippen LogP contribution in [0.4, 0.5) is 0 Å². The number of hydrogen-bond acceptors (Lipinski definition) is 3. The topological polar surface area (TPSA) is 35.9 Å². The number of nitrogens with zero attached hydrogens (tertiary/aromatic N) is 3. The lowest BCUT2D eigenvalue weighted by molar-refractivity contribution is -0.128. The van der Waals surface area contributed by atoms with Crippen LogP contribution in [0.3, 0.4) is 0 Å². The summed E-state index contributed by atoms with van der Waals surface area (Å²) in [6.45, 7) is 2.80. The highest BCUT2D eigenvalue weighted by atomic mass is 35.5. The van der Waals surface area contributed by atoms with Gasteiger partial charge in [0.1, 0.15) is 6.17 Å². The Morgan fingerprint density at radius 3 is 2.30 bits per heavy atom. The Balaban J connectivity index is 1.73. The van der Waals surface area contributed by atoms with Gasteiger partial charge >= 0.3 is 0 Å². The van der Waals surface area contributed by atoms with Crippen LogP contribution in [0, 0.1) is 0 Å². The first-order valence-corrected chi connectivity index (χ1v) is 10.4. The highest BCUT2D eigenvalue weighted by Gasteiger charge is 2.39. The fourth-order valence-corrected chi connectivity index (χ4v) is 3.92. The molecule has 0 aromatic heterocycles. The molecule has 0 aliphatic carbocycles. The molecule has 3 aromatic rings. The lowest BCUT2D eigenvalue weighted by Gasteiger charge is -2.28. The Morgan fingerprint density at radius 1 is 0.967 bits per heavy atom. The molecule has 0 saturated carbocycles. The summed E-state index contributed by atoms with van der Waals surface area (Å²) in [5.41, 5.74) is 3.74. The molecule has 1 heterocycles.